The number of para-hydroxylation sites is 1. The number of nitrogen functional groups attached to an aromatic ring is 2. The first-order valence-corrected chi connectivity index (χ1v) is 7.76. The first-order chi connectivity index (χ1) is 12.1. The van der Waals surface area contributed by atoms with E-state index in [2.05, 4.69) is 9.97 Å². The molecule has 1 heterocycles. The Bertz CT molecular complexity index is 951. The molecule has 7 heteroatoms. The molecule has 6 nitrogen and oxygen atoms in total. The van der Waals surface area contributed by atoms with Crippen molar-refractivity contribution in [2.75, 3.05) is 11.5 Å². The van der Waals surface area contributed by atoms with Gasteiger partial charge in [-0.05, 0) is 29.8 Å². The highest BCUT2D eigenvalue weighted by atomic mass is 35.5. The van der Waals surface area contributed by atoms with Gasteiger partial charge in [0.05, 0.1) is 5.69 Å². The average molecular weight is 352 g/mol. The minimum atomic E-state index is -0.000922. The van der Waals surface area contributed by atoms with Crippen molar-refractivity contribution < 1.29 is 4.74 Å². The van der Waals surface area contributed by atoms with Crippen molar-refractivity contribution in [2.24, 2.45) is 0 Å². The molecule has 4 N–H and O–H groups in total. The van der Waals surface area contributed by atoms with E-state index in [4.69, 9.17) is 27.8 Å². The molecule has 0 amide bonds. The minimum absolute atomic E-state index is 0.000922. The molecule has 124 valence electrons. The second-order valence-electron chi connectivity index (χ2n) is 5.21. The van der Waals surface area contributed by atoms with E-state index in [-0.39, 0.29) is 17.3 Å². The van der Waals surface area contributed by atoms with Crippen molar-refractivity contribution in [3.05, 3.63) is 64.7 Å². The number of hydrogen-bond acceptors (Lipinski definition) is 6. The van der Waals surface area contributed by atoms with Crippen LogP contribution in [0.15, 0.2) is 48.5 Å². The van der Waals surface area contributed by atoms with E-state index in [1.54, 1.807) is 24.3 Å². The first kappa shape index (κ1) is 16.6. The summed E-state index contributed by atoms with van der Waals surface area (Å²) >= 11 is 5.89. The van der Waals surface area contributed by atoms with Crippen molar-refractivity contribution in [3.63, 3.8) is 0 Å². The van der Waals surface area contributed by atoms with E-state index in [0.29, 0.717) is 28.6 Å². The number of nitrogens with zero attached hydrogens (tertiary/aromatic N) is 3. The van der Waals surface area contributed by atoms with E-state index < -0.39 is 0 Å². The van der Waals surface area contributed by atoms with Crippen LogP contribution in [0, 0.1) is 11.3 Å². The lowest BCUT2D eigenvalue weighted by atomic mass is 10.1. The Morgan fingerprint density at radius 1 is 1.04 bits per heavy atom. The number of nitrogens with two attached hydrogens (primary N) is 2. The fraction of sp³-hybridized carbons (Fsp3) is 0.0556. The lowest BCUT2D eigenvalue weighted by molar-refractivity contribution is 0.307. The summed E-state index contributed by atoms with van der Waals surface area (Å²) in [6.45, 7) is 0.339. The van der Waals surface area contributed by atoms with E-state index in [1.165, 1.54) is 0 Å². The molecule has 0 bridgehead atoms. The van der Waals surface area contributed by atoms with Crippen molar-refractivity contribution in [1.82, 2.24) is 9.97 Å². The largest absolute Gasteiger partial charge is 0.488 e. The van der Waals surface area contributed by atoms with Gasteiger partial charge in [0, 0.05) is 10.6 Å². The van der Waals surface area contributed by atoms with Crippen LogP contribution in [0.2, 0.25) is 5.02 Å². The number of hydrogen-bond donors (Lipinski definition) is 2. The molecule has 0 fully saturated rings. The molecule has 0 aliphatic heterocycles. The molecule has 0 saturated carbocycles. The van der Waals surface area contributed by atoms with Crippen LogP contribution in [0.1, 0.15) is 11.1 Å². The molecule has 0 saturated heterocycles. The maximum atomic E-state index is 9.37. The number of nitriles is 1. The summed E-state index contributed by atoms with van der Waals surface area (Å²) < 4.78 is 5.90. The van der Waals surface area contributed by atoms with Gasteiger partial charge < -0.3 is 16.2 Å². The number of aromatic nitrogens is 2. The molecule has 3 aromatic rings. The topological polar surface area (TPSA) is 111 Å². The number of benzene rings is 2. The van der Waals surface area contributed by atoms with E-state index >= 15 is 0 Å². The maximum absolute atomic E-state index is 9.37. The van der Waals surface area contributed by atoms with E-state index in [0.717, 1.165) is 5.56 Å². The molecule has 25 heavy (non-hydrogen) atoms. The Morgan fingerprint density at radius 2 is 1.76 bits per heavy atom. The van der Waals surface area contributed by atoms with E-state index in [9.17, 15) is 5.26 Å². The highest BCUT2D eigenvalue weighted by molar-refractivity contribution is 6.30. The molecule has 0 spiro atoms. The summed E-state index contributed by atoms with van der Waals surface area (Å²) in [4.78, 5) is 8.00. The zero-order chi connectivity index (χ0) is 17.8. The number of anilines is 2. The van der Waals surface area contributed by atoms with Crippen LogP contribution in [0.5, 0.6) is 5.75 Å². The number of ether oxygens (including phenoxy) is 1. The first-order valence-electron chi connectivity index (χ1n) is 7.38. The molecule has 0 radical (unpaired) electrons. The summed E-state index contributed by atoms with van der Waals surface area (Å²) in [6, 6.07) is 16.6. The van der Waals surface area contributed by atoms with Crippen molar-refractivity contribution in [1.29, 1.82) is 5.26 Å². The molecule has 0 atom stereocenters. The number of halogens is 1. The maximum Gasteiger partial charge on any atom is 0.222 e. The third-order valence-corrected chi connectivity index (χ3v) is 3.77. The van der Waals surface area contributed by atoms with Gasteiger partial charge in [0.25, 0.3) is 0 Å². The Labute approximate surface area is 149 Å². The Balaban J connectivity index is 1.97. The SMILES string of the molecule is N#Cc1c(N)nc(N)nc1-c1ccccc1OCc1ccc(Cl)cc1. The third kappa shape index (κ3) is 3.62. The lowest BCUT2D eigenvalue weighted by Crippen LogP contribution is -2.06. The predicted molar refractivity (Wildman–Crippen MR) is 96.8 cm³/mol. The summed E-state index contributed by atoms with van der Waals surface area (Å²) in [7, 11) is 0. The standard InChI is InChI=1S/C18H14ClN5O/c19-12-7-5-11(6-8-12)10-25-15-4-2-1-3-13(15)16-14(9-20)17(21)24-18(22)23-16/h1-8H,10H2,(H4,21,22,23,24). The molecule has 0 unspecified atom stereocenters. The van der Waals surface area contributed by atoms with Crippen LogP contribution in [0.25, 0.3) is 11.3 Å². The summed E-state index contributed by atoms with van der Waals surface area (Å²) in [5.74, 6) is 0.600. The van der Waals surface area contributed by atoms with E-state index in [1.807, 2.05) is 30.3 Å². The third-order valence-electron chi connectivity index (χ3n) is 3.52. The fourth-order valence-electron chi connectivity index (χ4n) is 2.33. The number of rotatable bonds is 4. The van der Waals surface area contributed by atoms with Gasteiger partial charge in [-0.15, -0.1) is 0 Å². The second kappa shape index (κ2) is 7.07. The van der Waals surface area contributed by atoms with Gasteiger partial charge in [0.1, 0.15) is 29.8 Å². The monoisotopic (exact) mass is 351 g/mol. The van der Waals surface area contributed by atoms with Gasteiger partial charge in [-0.25, -0.2) is 4.98 Å². The molecule has 1 aromatic heterocycles. The van der Waals surface area contributed by atoms with Crippen LogP contribution in [-0.4, -0.2) is 9.97 Å². The lowest BCUT2D eigenvalue weighted by Gasteiger charge is -2.13. The van der Waals surface area contributed by atoms with Gasteiger partial charge in [-0.3, -0.25) is 0 Å². The smallest absolute Gasteiger partial charge is 0.222 e. The summed E-state index contributed by atoms with van der Waals surface area (Å²) in [5, 5.41) is 10.0. The van der Waals surface area contributed by atoms with Crippen LogP contribution >= 0.6 is 11.6 Å². The Morgan fingerprint density at radius 3 is 2.48 bits per heavy atom. The second-order valence-corrected chi connectivity index (χ2v) is 5.65. The van der Waals surface area contributed by atoms with Gasteiger partial charge in [0.2, 0.25) is 5.95 Å². The van der Waals surface area contributed by atoms with Gasteiger partial charge in [-0.1, -0.05) is 35.9 Å². The Kier molecular flexibility index (Phi) is 4.68. The van der Waals surface area contributed by atoms with Gasteiger partial charge >= 0.3 is 0 Å². The molecule has 0 aliphatic carbocycles. The van der Waals surface area contributed by atoms with Crippen LogP contribution in [-0.2, 0) is 6.61 Å². The van der Waals surface area contributed by atoms with Crippen LogP contribution < -0.4 is 16.2 Å². The molecular weight excluding hydrogens is 338 g/mol. The van der Waals surface area contributed by atoms with Crippen molar-refractivity contribution in [3.8, 4) is 23.1 Å². The zero-order valence-electron chi connectivity index (χ0n) is 13.1. The molecule has 0 aliphatic rings. The highest BCUT2D eigenvalue weighted by Gasteiger charge is 2.16. The zero-order valence-corrected chi connectivity index (χ0v) is 13.9. The summed E-state index contributed by atoms with van der Waals surface area (Å²) in [5.41, 5.74) is 13.6. The highest BCUT2D eigenvalue weighted by Crippen LogP contribution is 2.33. The normalized spacial score (nSPS) is 10.2. The predicted octanol–water partition coefficient (Wildman–Crippen LogP) is 3.41. The minimum Gasteiger partial charge on any atom is -0.488 e. The quantitative estimate of drug-likeness (QED) is 0.745. The molecular formula is C18H14ClN5O. The fourth-order valence-corrected chi connectivity index (χ4v) is 2.46. The van der Waals surface area contributed by atoms with Crippen LogP contribution in [0.4, 0.5) is 11.8 Å². The van der Waals surface area contributed by atoms with Gasteiger partial charge in [-0.2, -0.15) is 10.2 Å². The van der Waals surface area contributed by atoms with Crippen molar-refractivity contribution >= 4 is 23.4 Å². The molecule has 2 aromatic carbocycles. The van der Waals surface area contributed by atoms with Crippen LogP contribution in [0.3, 0.4) is 0 Å². The Hall–Kier alpha value is -3.30. The van der Waals surface area contributed by atoms with Gasteiger partial charge in [0.15, 0.2) is 0 Å². The molecule has 3 rings (SSSR count). The average Bonchev–Trinajstić information content (AvgIpc) is 2.61. The van der Waals surface area contributed by atoms with Crippen molar-refractivity contribution in [2.45, 2.75) is 6.61 Å². The summed E-state index contributed by atoms with van der Waals surface area (Å²) in [6.07, 6.45) is 0.